The van der Waals surface area contributed by atoms with Crippen molar-refractivity contribution >= 4 is 24.8 Å². The molecule has 0 fully saturated rings. The third-order valence-electron chi connectivity index (χ3n) is 2.16. The highest BCUT2D eigenvalue weighted by Crippen LogP contribution is 2.19. The van der Waals surface area contributed by atoms with E-state index < -0.39 is 0 Å². The molecule has 2 nitrogen and oxygen atoms in total. The lowest BCUT2D eigenvalue weighted by molar-refractivity contribution is 0.212. The average Bonchev–Trinajstić information content (AvgIpc) is 2.46. The van der Waals surface area contributed by atoms with Gasteiger partial charge >= 0.3 is 0 Å². The number of halogens is 2. The topological polar surface area (TPSA) is 15.3 Å². The number of fused-ring (bicyclic) bond motifs is 1. The molecule has 1 aromatic rings. The molecule has 0 aliphatic carbocycles. The number of benzene rings is 1. The van der Waals surface area contributed by atoms with Gasteiger partial charge in [0.25, 0.3) is 0 Å². The highest BCUT2D eigenvalue weighted by Gasteiger charge is 2.15. The van der Waals surface area contributed by atoms with E-state index in [0.29, 0.717) is 0 Å². The molecule has 0 saturated carbocycles. The Morgan fingerprint density at radius 2 is 1.54 bits per heavy atom. The predicted octanol–water partition coefficient (Wildman–Crippen LogP) is 1.98. The summed E-state index contributed by atoms with van der Waals surface area (Å²) >= 11 is 0. The van der Waals surface area contributed by atoms with Crippen molar-refractivity contribution in [2.45, 2.75) is 13.1 Å². The van der Waals surface area contributed by atoms with Gasteiger partial charge in [-0.2, -0.15) is 0 Å². The summed E-state index contributed by atoms with van der Waals surface area (Å²) in [5.74, 6) is 0. The summed E-state index contributed by atoms with van der Waals surface area (Å²) in [5, 5.41) is 2.20. The zero-order chi connectivity index (χ0) is 7.68. The van der Waals surface area contributed by atoms with Crippen molar-refractivity contribution in [3.8, 4) is 0 Å². The number of nitrogens with zero attached hydrogens (tertiary/aromatic N) is 1. The molecule has 0 bridgehead atoms. The third kappa shape index (κ3) is 2.58. The van der Waals surface area contributed by atoms with E-state index in [4.69, 9.17) is 0 Å². The molecule has 1 aromatic carbocycles. The van der Waals surface area contributed by atoms with Gasteiger partial charge in [-0.1, -0.05) is 24.3 Å². The third-order valence-corrected chi connectivity index (χ3v) is 2.16. The number of nitrogens with one attached hydrogen (secondary N) is 1. The van der Waals surface area contributed by atoms with Crippen LogP contribution in [0.3, 0.4) is 0 Å². The minimum absolute atomic E-state index is 0. The first-order valence-electron chi connectivity index (χ1n) is 3.89. The minimum Gasteiger partial charge on any atom is -0.258 e. The fourth-order valence-corrected chi connectivity index (χ4v) is 1.49. The summed E-state index contributed by atoms with van der Waals surface area (Å²) in [5.41, 5.74) is 6.04. The van der Waals surface area contributed by atoms with Crippen molar-refractivity contribution in [3.05, 3.63) is 35.4 Å². The Morgan fingerprint density at radius 1 is 1.08 bits per heavy atom. The molecular formula is C9H14Cl2N2. The normalized spacial score (nSPS) is 14.2. The van der Waals surface area contributed by atoms with Crippen LogP contribution >= 0.6 is 24.8 Å². The molecule has 0 radical (unpaired) electrons. The zero-order valence-electron chi connectivity index (χ0n) is 7.49. The van der Waals surface area contributed by atoms with Gasteiger partial charge in [-0.05, 0) is 18.2 Å². The van der Waals surface area contributed by atoms with Crippen LogP contribution in [0.25, 0.3) is 0 Å². The lowest BCUT2D eigenvalue weighted by Gasteiger charge is -2.11. The average molecular weight is 221 g/mol. The number of hydrazine groups is 1. The first kappa shape index (κ1) is 12.7. The van der Waals surface area contributed by atoms with Crippen LogP contribution in [0, 0.1) is 0 Å². The molecule has 0 spiro atoms. The second-order valence-electron chi connectivity index (χ2n) is 2.85. The van der Waals surface area contributed by atoms with E-state index in [-0.39, 0.29) is 24.8 Å². The summed E-state index contributed by atoms with van der Waals surface area (Å²) < 4.78 is 0. The summed E-state index contributed by atoms with van der Waals surface area (Å²) in [4.78, 5) is 0. The molecule has 0 amide bonds. The van der Waals surface area contributed by atoms with Crippen LogP contribution in [0.5, 0.6) is 0 Å². The fraction of sp³-hybridized carbons (Fsp3) is 0.333. The quantitative estimate of drug-likeness (QED) is 0.780. The minimum atomic E-state index is 0. The molecule has 0 unspecified atom stereocenters. The number of rotatable bonds is 1. The molecule has 1 heterocycles. The standard InChI is InChI=1S/C9H12N2.2ClH/c1-10-11-6-8-4-2-3-5-9(8)7-11;;/h2-5,10H,6-7H2,1H3;2*1H. The Hall–Kier alpha value is -0.280. The van der Waals surface area contributed by atoms with Crippen molar-refractivity contribution in [1.82, 2.24) is 10.4 Å². The number of hydrogen-bond donors (Lipinski definition) is 1. The Bertz CT molecular complexity index is 241. The Morgan fingerprint density at radius 3 is 1.92 bits per heavy atom. The van der Waals surface area contributed by atoms with Crippen molar-refractivity contribution < 1.29 is 0 Å². The van der Waals surface area contributed by atoms with Crippen LogP contribution in [-0.4, -0.2) is 12.1 Å². The second kappa shape index (κ2) is 5.45. The molecule has 13 heavy (non-hydrogen) atoms. The van der Waals surface area contributed by atoms with Crippen LogP contribution < -0.4 is 5.43 Å². The zero-order valence-corrected chi connectivity index (χ0v) is 9.12. The molecule has 74 valence electrons. The van der Waals surface area contributed by atoms with Gasteiger partial charge in [0.1, 0.15) is 0 Å². The maximum atomic E-state index is 3.14. The second-order valence-corrected chi connectivity index (χ2v) is 2.85. The van der Waals surface area contributed by atoms with E-state index in [1.165, 1.54) is 11.1 Å². The summed E-state index contributed by atoms with van der Waals surface area (Å²) in [6.07, 6.45) is 0. The first-order valence-corrected chi connectivity index (χ1v) is 3.89. The van der Waals surface area contributed by atoms with Gasteiger partial charge in [0.15, 0.2) is 0 Å². The van der Waals surface area contributed by atoms with Gasteiger partial charge in [-0.3, -0.25) is 5.43 Å². The van der Waals surface area contributed by atoms with Crippen LogP contribution in [0.2, 0.25) is 0 Å². The van der Waals surface area contributed by atoms with Crippen molar-refractivity contribution in [1.29, 1.82) is 0 Å². The van der Waals surface area contributed by atoms with E-state index >= 15 is 0 Å². The Balaban J connectivity index is 0.000000720. The molecule has 1 aliphatic heterocycles. The predicted molar refractivity (Wildman–Crippen MR) is 59.2 cm³/mol. The maximum Gasteiger partial charge on any atom is 0.0388 e. The van der Waals surface area contributed by atoms with Gasteiger partial charge in [0, 0.05) is 13.1 Å². The van der Waals surface area contributed by atoms with Crippen molar-refractivity contribution in [2.75, 3.05) is 7.05 Å². The molecule has 1 aliphatic rings. The molecule has 0 atom stereocenters. The van der Waals surface area contributed by atoms with E-state index in [1.54, 1.807) is 0 Å². The van der Waals surface area contributed by atoms with Crippen LogP contribution in [0.1, 0.15) is 11.1 Å². The highest BCUT2D eigenvalue weighted by molar-refractivity contribution is 5.85. The van der Waals surface area contributed by atoms with Gasteiger partial charge in [0.2, 0.25) is 0 Å². The van der Waals surface area contributed by atoms with E-state index in [1.807, 2.05) is 7.05 Å². The monoisotopic (exact) mass is 220 g/mol. The van der Waals surface area contributed by atoms with Gasteiger partial charge < -0.3 is 0 Å². The lowest BCUT2D eigenvalue weighted by atomic mass is 10.1. The highest BCUT2D eigenvalue weighted by atomic mass is 35.5. The smallest absolute Gasteiger partial charge is 0.0388 e. The van der Waals surface area contributed by atoms with Gasteiger partial charge in [0.05, 0.1) is 0 Å². The Labute approximate surface area is 91.1 Å². The Kier molecular flexibility index (Phi) is 5.33. The van der Waals surface area contributed by atoms with Crippen LogP contribution in [0.15, 0.2) is 24.3 Å². The first-order chi connectivity index (χ1) is 5.40. The summed E-state index contributed by atoms with van der Waals surface area (Å²) in [7, 11) is 1.96. The molecule has 2 rings (SSSR count). The summed E-state index contributed by atoms with van der Waals surface area (Å²) in [6, 6.07) is 8.56. The van der Waals surface area contributed by atoms with Crippen molar-refractivity contribution in [2.24, 2.45) is 0 Å². The van der Waals surface area contributed by atoms with Crippen LogP contribution in [-0.2, 0) is 13.1 Å². The van der Waals surface area contributed by atoms with Crippen LogP contribution in [0.4, 0.5) is 0 Å². The van der Waals surface area contributed by atoms with E-state index in [0.717, 1.165) is 13.1 Å². The van der Waals surface area contributed by atoms with E-state index in [9.17, 15) is 0 Å². The lowest BCUT2D eigenvalue weighted by Crippen LogP contribution is -2.29. The largest absolute Gasteiger partial charge is 0.258 e. The van der Waals surface area contributed by atoms with Crippen molar-refractivity contribution in [3.63, 3.8) is 0 Å². The molecule has 0 aromatic heterocycles. The molecular weight excluding hydrogens is 207 g/mol. The summed E-state index contributed by atoms with van der Waals surface area (Å²) in [6.45, 7) is 2.07. The SMILES string of the molecule is CNN1Cc2ccccc2C1.Cl.Cl. The molecule has 0 saturated heterocycles. The molecule has 4 heteroatoms. The molecule has 1 N–H and O–H groups in total. The van der Waals surface area contributed by atoms with E-state index in [2.05, 4.69) is 34.7 Å². The fourth-order valence-electron chi connectivity index (χ4n) is 1.49. The number of hydrogen-bond acceptors (Lipinski definition) is 2. The van der Waals surface area contributed by atoms with Gasteiger partial charge in [-0.25, -0.2) is 5.01 Å². The van der Waals surface area contributed by atoms with Gasteiger partial charge in [-0.15, -0.1) is 24.8 Å². The maximum absolute atomic E-state index is 3.14.